The predicted octanol–water partition coefficient (Wildman–Crippen LogP) is 4.88. The van der Waals surface area contributed by atoms with Crippen molar-refractivity contribution in [3.8, 4) is 0 Å². The smallest absolute Gasteiger partial charge is 0.388 e. The van der Waals surface area contributed by atoms with Crippen molar-refractivity contribution in [2.75, 3.05) is 0 Å². The third-order valence-electron chi connectivity index (χ3n) is 3.05. The average Bonchev–Trinajstić information content (AvgIpc) is 2.40. The van der Waals surface area contributed by atoms with Gasteiger partial charge in [0, 0.05) is 10.9 Å². The lowest BCUT2D eigenvalue weighted by atomic mass is 9.99. The van der Waals surface area contributed by atoms with E-state index in [9.17, 15) is 22.7 Å². The standard InChI is InChI=1S/C15H11BrF4O/c16-12-6-5-10(7-11(12)15(18,19)20)14(21)8-9-3-1-2-4-13(9)17/h1-7,14,21H,8H2. The van der Waals surface area contributed by atoms with Crippen molar-refractivity contribution in [3.05, 3.63) is 69.4 Å². The highest BCUT2D eigenvalue weighted by Crippen LogP contribution is 2.36. The lowest BCUT2D eigenvalue weighted by Gasteiger charge is -2.15. The van der Waals surface area contributed by atoms with Gasteiger partial charge in [-0.3, -0.25) is 0 Å². The second-order valence-corrected chi connectivity index (χ2v) is 5.40. The Balaban J connectivity index is 2.28. The maximum atomic E-state index is 13.5. The zero-order valence-electron chi connectivity index (χ0n) is 10.7. The summed E-state index contributed by atoms with van der Waals surface area (Å²) in [5.41, 5.74) is -0.525. The molecular weight excluding hydrogens is 352 g/mol. The molecular formula is C15H11BrF4O. The minimum absolute atomic E-state index is 0.0915. The summed E-state index contributed by atoms with van der Waals surface area (Å²) in [6, 6.07) is 9.32. The van der Waals surface area contributed by atoms with E-state index in [0.29, 0.717) is 0 Å². The van der Waals surface area contributed by atoms with Crippen LogP contribution in [0, 0.1) is 5.82 Å². The fraction of sp³-hybridized carbons (Fsp3) is 0.200. The van der Waals surface area contributed by atoms with Crippen molar-refractivity contribution in [2.45, 2.75) is 18.7 Å². The molecule has 0 bridgehead atoms. The number of halogens is 5. The highest BCUT2D eigenvalue weighted by atomic mass is 79.9. The van der Waals surface area contributed by atoms with Gasteiger partial charge in [0.15, 0.2) is 0 Å². The van der Waals surface area contributed by atoms with E-state index in [4.69, 9.17) is 0 Å². The molecule has 0 saturated carbocycles. The Bertz CT molecular complexity index is 640. The molecule has 2 aromatic rings. The summed E-state index contributed by atoms with van der Waals surface area (Å²) in [6.45, 7) is 0. The van der Waals surface area contributed by atoms with Crippen LogP contribution in [0.4, 0.5) is 17.6 Å². The highest BCUT2D eigenvalue weighted by molar-refractivity contribution is 9.10. The molecule has 112 valence electrons. The van der Waals surface area contributed by atoms with Crippen LogP contribution < -0.4 is 0 Å². The molecule has 0 spiro atoms. The molecule has 21 heavy (non-hydrogen) atoms. The molecule has 2 rings (SSSR count). The molecule has 6 heteroatoms. The van der Waals surface area contributed by atoms with Crippen LogP contribution in [-0.2, 0) is 12.6 Å². The van der Waals surface area contributed by atoms with E-state index in [1.54, 1.807) is 6.07 Å². The van der Waals surface area contributed by atoms with Gasteiger partial charge in [-0.05, 0) is 29.3 Å². The van der Waals surface area contributed by atoms with Gasteiger partial charge in [0.05, 0.1) is 11.7 Å². The van der Waals surface area contributed by atoms with Gasteiger partial charge in [-0.25, -0.2) is 4.39 Å². The van der Waals surface area contributed by atoms with Gasteiger partial charge in [0.1, 0.15) is 5.82 Å². The van der Waals surface area contributed by atoms with Crippen molar-refractivity contribution in [2.24, 2.45) is 0 Å². The molecule has 1 nitrogen and oxygen atoms in total. The summed E-state index contributed by atoms with van der Waals surface area (Å²) in [6.07, 6.45) is -5.82. The monoisotopic (exact) mass is 362 g/mol. The van der Waals surface area contributed by atoms with Crippen molar-refractivity contribution < 1.29 is 22.7 Å². The molecule has 1 N–H and O–H groups in total. The van der Waals surface area contributed by atoms with Gasteiger partial charge in [-0.1, -0.05) is 40.2 Å². The van der Waals surface area contributed by atoms with Gasteiger partial charge in [0.2, 0.25) is 0 Å². The summed E-state index contributed by atoms with van der Waals surface area (Å²) in [4.78, 5) is 0. The molecule has 1 atom stereocenters. The number of rotatable bonds is 3. The number of aliphatic hydroxyl groups excluding tert-OH is 1. The molecule has 0 radical (unpaired) electrons. The van der Waals surface area contributed by atoms with Gasteiger partial charge in [-0.15, -0.1) is 0 Å². The van der Waals surface area contributed by atoms with Crippen LogP contribution in [0.1, 0.15) is 22.8 Å². The minimum Gasteiger partial charge on any atom is -0.388 e. The van der Waals surface area contributed by atoms with Crippen LogP contribution in [0.3, 0.4) is 0 Å². The second kappa shape index (κ2) is 6.15. The normalized spacial score (nSPS) is 13.2. The topological polar surface area (TPSA) is 20.2 Å². The van der Waals surface area contributed by atoms with Crippen LogP contribution in [0.25, 0.3) is 0 Å². The first kappa shape index (κ1) is 16.0. The van der Waals surface area contributed by atoms with Crippen LogP contribution in [0.15, 0.2) is 46.9 Å². The lowest BCUT2D eigenvalue weighted by molar-refractivity contribution is -0.138. The largest absolute Gasteiger partial charge is 0.417 e. The van der Waals surface area contributed by atoms with Crippen LogP contribution in [0.2, 0.25) is 0 Å². The molecule has 0 aromatic heterocycles. The summed E-state index contributed by atoms with van der Waals surface area (Å²) in [5, 5.41) is 10.0. The van der Waals surface area contributed by atoms with Crippen molar-refractivity contribution >= 4 is 15.9 Å². The Labute approximate surface area is 127 Å². The number of hydrogen-bond acceptors (Lipinski definition) is 1. The SMILES string of the molecule is OC(Cc1ccccc1F)c1ccc(Br)c(C(F)(F)F)c1. The zero-order chi connectivity index (χ0) is 15.6. The third-order valence-corrected chi connectivity index (χ3v) is 3.74. The third kappa shape index (κ3) is 3.83. The quantitative estimate of drug-likeness (QED) is 0.771. The first-order chi connectivity index (χ1) is 9.79. The van der Waals surface area contributed by atoms with Gasteiger partial charge in [-0.2, -0.15) is 13.2 Å². The molecule has 0 aliphatic heterocycles. The molecule has 0 aliphatic carbocycles. The van der Waals surface area contributed by atoms with E-state index in [-0.39, 0.29) is 22.0 Å². The highest BCUT2D eigenvalue weighted by Gasteiger charge is 2.33. The number of alkyl halides is 3. The number of aliphatic hydroxyl groups is 1. The summed E-state index contributed by atoms with van der Waals surface area (Å²) in [5.74, 6) is -0.496. The fourth-order valence-electron chi connectivity index (χ4n) is 1.96. The summed E-state index contributed by atoms with van der Waals surface area (Å²) in [7, 11) is 0. The van der Waals surface area contributed by atoms with Crippen LogP contribution >= 0.6 is 15.9 Å². The maximum Gasteiger partial charge on any atom is 0.417 e. The lowest BCUT2D eigenvalue weighted by Crippen LogP contribution is -2.09. The molecule has 0 saturated heterocycles. The van der Waals surface area contributed by atoms with Crippen LogP contribution in [0.5, 0.6) is 0 Å². The van der Waals surface area contributed by atoms with Gasteiger partial charge in [0.25, 0.3) is 0 Å². The second-order valence-electron chi connectivity index (χ2n) is 4.55. The zero-order valence-corrected chi connectivity index (χ0v) is 12.2. The number of benzene rings is 2. The van der Waals surface area contributed by atoms with Gasteiger partial charge >= 0.3 is 6.18 Å². The first-order valence-corrected chi connectivity index (χ1v) is 6.86. The predicted molar refractivity (Wildman–Crippen MR) is 74.2 cm³/mol. The van der Waals surface area contributed by atoms with E-state index >= 15 is 0 Å². The molecule has 1 unspecified atom stereocenters. The Morgan fingerprint density at radius 1 is 1.10 bits per heavy atom. The fourth-order valence-corrected chi connectivity index (χ4v) is 2.43. The number of hydrogen-bond donors (Lipinski definition) is 1. The van der Waals surface area contributed by atoms with E-state index in [1.165, 1.54) is 30.3 Å². The Hall–Kier alpha value is -1.40. The van der Waals surface area contributed by atoms with E-state index in [2.05, 4.69) is 15.9 Å². The van der Waals surface area contributed by atoms with Crippen molar-refractivity contribution in [3.63, 3.8) is 0 Å². The molecule has 0 fully saturated rings. The molecule has 2 aromatic carbocycles. The Morgan fingerprint density at radius 2 is 1.76 bits per heavy atom. The first-order valence-electron chi connectivity index (χ1n) is 6.07. The molecule has 0 aliphatic rings. The van der Waals surface area contributed by atoms with E-state index in [1.807, 2.05) is 0 Å². The summed E-state index contributed by atoms with van der Waals surface area (Å²) < 4.78 is 51.8. The minimum atomic E-state index is -4.52. The molecule has 0 heterocycles. The van der Waals surface area contributed by atoms with Crippen molar-refractivity contribution in [1.82, 2.24) is 0 Å². The van der Waals surface area contributed by atoms with Crippen LogP contribution in [-0.4, -0.2) is 5.11 Å². The van der Waals surface area contributed by atoms with Gasteiger partial charge < -0.3 is 5.11 Å². The molecule has 0 amide bonds. The van der Waals surface area contributed by atoms with E-state index in [0.717, 1.165) is 6.07 Å². The van der Waals surface area contributed by atoms with Crippen molar-refractivity contribution in [1.29, 1.82) is 0 Å². The maximum absolute atomic E-state index is 13.5. The Morgan fingerprint density at radius 3 is 2.38 bits per heavy atom. The summed E-state index contributed by atoms with van der Waals surface area (Å²) >= 11 is 2.83. The Kier molecular flexibility index (Phi) is 4.68. The average molecular weight is 363 g/mol. The van der Waals surface area contributed by atoms with E-state index < -0.39 is 23.7 Å².